The number of amides is 1. The molecule has 0 saturated heterocycles. The van der Waals surface area contributed by atoms with Gasteiger partial charge in [-0.1, -0.05) is 18.2 Å². The van der Waals surface area contributed by atoms with Crippen LogP contribution >= 0.6 is 11.3 Å². The average molecular weight is 426 g/mol. The molecule has 1 unspecified atom stereocenters. The van der Waals surface area contributed by atoms with Gasteiger partial charge in [0, 0.05) is 29.1 Å². The van der Waals surface area contributed by atoms with E-state index in [2.05, 4.69) is 10.3 Å². The molecule has 5 nitrogen and oxygen atoms in total. The molecule has 0 bridgehead atoms. The van der Waals surface area contributed by atoms with Gasteiger partial charge in [0.2, 0.25) is 5.91 Å². The standard InChI is InChI=1S/C23H24FN3O2S/c1-27(2)20(19-6-4-5-7-21(19)29-3)14-25-22(28)13-12-18-15-30-23(26-18)16-8-10-17(24)11-9-16/h4-13,15,20H,14H2,1-3H3,(H,25,28)/b13-12+. The van der Waals surface area contributed by atoms with Gasteiger partial charge in [-0.15, -0.1) is 11.3 Å². The summed E-state index contributed by atoms with van der Waals surface area (Å²) < 4.78 is 18.5. The Morgan fingerprint density at radius 2 is 1.97 bits per heavy atom. The number of carbonyl (C=O) groups is 1. The first kappa shape index (κ1) is 21.7. The molecule has 0 spiro atoms. The molecule has 30 heavy (non-hydrogen) atoms. The van der Waals surface area contributed by atoms with Crippen LogP contribution in [0.1, 0.15) is 17.3 Å². The van der Waals surface area contributed by atoms with E-state index in [0.717, 1.165) is 21.9 Å². The number of aromatic nitrogens is 1. The van der Waals surface area contributed by atoms with E-state index in [9.17, 15) is 9.18 Å². The second-order valence-corrected chi connectivity index (χ2v) is 7.74. The summed E-state index contributed by atoms with van der Waals surface area (Å²) in [5.74, 6) is 0.307. The maximum Gasteiger partial charge on any atom is 0.244 e. The highest BCUT2D eigenvalue weighted by atomic mass is 32.1. The number of nitrogens with one attached hydrogen (secondary N) is 1. The summed E-state index contributed by atoms with van der Waals surface area (Å²) in [4.78, 5) is 18.8. The monoisotopic (exact) mass is 425 g/mol. The number of methoxy groups -OCH3 is 1. The molecule has 0 saturated carbocycles. The lowest BCUT2D eigenvalue weighted by atomic mass is 10.0. The first-order chi connectivity index (χ1) is 14.5. The zero-order valence-electron chi connectivity index (χ0n) is 17.1. The number of ether oxygens (including phenoxy) is 1. The number of benzene rings is 2. The summed E-state index contributed by atoms with van der Waals surface area (Å²) in [6, 6.07) is 13.9. The summed E-state index contributed by atoms with van der Waals surface area (Å²) in [7, 11) is 5.57. The highest BCUT2D eigenvalue weighted by Gasteiger charge is 2.18. The van der Waals surface area contributed by atoms with Crippen LogP contribution in [0.3, 0.4) is 0 Å². The highest BCUT2D eigenvalue weighted by Crippen LogP contribution is 2.27. The van der Waals surface area contributed by atoms with Crippen molar-refractivity contribution in [2.75, 3.05) is 27.7 Å². The normalized spacial score (nSPS) is 12.3. The largest absolute Gasteiger partial charge is 0.496 e. The molecule has 0 aliphatic heterocycles. The Kier molecular flexibility index (Phi) is 7.32. The minimum atomic E-state index is -0.281. The number of para-hydroxylation sites is 1. The Morgan fingerprint density at radius 3 is 2.67 bits per heavy atom. The van der Waals surface area contributed by atoms with E-state index in [1.807, 2.05) is 48.6 Å². The van der Waals surface area contributed by atoms with Crippen molar-refractivity contribution in [1.82, 2.24) is 15.2 Å². The number of rotatable bonds is 8. The van der Waals surface area contributed by atoms with Gasteiger partial charge < -0.3 is 15.0 Å². The van der Waals surface area contributed by atoms with Crippen molar-refractivity contribution in [3.05, 3.63) is 77.1 Å². The summed E-state index contributed by atoms with van der Waals surface area (Å²) in [6.07, 6.45) is 3.14. The Morgan fingerprint density at radius 1 is 1.23 bits per heavy atom. The molecular weight excluding hydrogens is 401 g/mol. The number of likely N-dealkylation sites (N-methyl/N-ethyl adjacent to an activating group) is 1. The maximum atomic E-state index is 13.1. The lowest BCUT2D eigenvalue weighted by molar-refractivity contribution is -0.116. The van der Waals surface area contributed by atoms with Crippen LogP contribution in [0.25, 0.3) is 16.6 Å². The van der Waals surface area contributed by atoms with Gasteiger partial charge >= 0.3 is 0 Å². The summed E-state index contributed by atoms with van der Waals surface area (Å²) in [6.45, 7) is 0.439. The van der Waals surface area contributed by atoms with Crippen molar-refractivity contribution in [1.29, 1.82) is 0 Å². The lowest BCUT2D eigenvalue weighted by Crippen LogP contribution is -2.33. The van der Waals surface area contributed by atoms with Gasteiger partial charge in [-0.3, -0.25) is 4.79 Å². The van der Waals surface area contributed by atoms with Crippen molar-refractivity contribution < 1.29 is 13.9 Å². The molecule has 3 rings (SSSR count). The molecule has 1 N–H and O–H groups in total. The number of nitrogens with zero attached hydrogens (tertiary/aromatic N) is 2. The van der Waals surface area contributed by atoms with Gasteiger partial charge in [0.1, 0.15) is 16.6 Å². The molecule has 0 radical (unpaired) electrons. The third kappa shape index (κ3) is 5.52. The van der Waals surface area contributed by atoms with E-state index in [0.29, 0.717) is 12.2 Å². The third-order valence-corrected chi connectivity index (χ3v) is 5.52. The number of hydrogen-bond donors (Lipinski definition) is 1. The van der Waals surface area contributed by atoms with Crippen molar-refractivity contribution in [3.63, 3.8) is 0 Å². The Balaban J connectivity index is 1.62. The van der Waals surface area contributed by atoms with E-state index < -0.39 is 0 Å². The SMILES string of the molecule is COc1ccccc1C(CNC(=O)/C=C/c1csc(-c2ccc(F)cc2)n1)N(C)C. The van der Waals surface area contributed by atoms with Crippen molar-refractivity contribution in [2.45, 2.75) is 6.04 Å². The van der Waals surface area contributed by atoms with Gasteiger partial charge in [0.15, 0.2) is 0 Å². The molecule has 1 heterocycles. The summed E-state index contributed by atoms with van der Waals surface area (Å²) in [5.41, 5.74) is 2.54. The molecule has 1 amide bonds. The van der Waals surface area contributed by atoms with Gasteiger partial charge in [-0.25, -0.2) is 9.37 Å². The fraction of sp³-hybridized carbons (Fsp3) is 0.217. The molecule has 1 aromatic heterocycles. The average Bonchev–Trinajstić information content (AvgIpc) is 3.22. The topological polar surface area (TPSA) is 54.5 Å². The van der Waals surface area contributed by atoms with E-state index in [-0.39, 0.29) is 17.8 Å². The number of carbonyl (C=O) groups excluding carboxylic acids is 1. The van der Waals surface area contributed by atoms with Crippen LogP contribution in [0.2, 0.25) is 0 Å². The molecule has 7 heteroatoms. The fourth-order valence-corrected chi connectivity index (χ4v) is 3.81. The molecule has 0 aliphatic rings. The number of thiazole rings is 1. The quantitative estimate of drug-likeness (QED) is 0.544. The van der Waals surface area contributed by atoms with Crippen LogP contribution in [0.5, 0.6) is 5.75 Å². The predicted octanol–water partition coefficient (Wildman–Crippen LogP) is 4.39. The van der Waals surface area contributed by atoms with E-state index in [1.54, 1.807) is 25.3 Å². The van der Waals surface area contributed by atoms with Crippen molar-refractivity contribution in [3.8, 4) is 16.3 Å². The summed E-state index contributed by atoms with van der Waals surface area (Å²) in [5, 5.41) is 5.58. The molecule has 0 fully saturated rings. The minimum absolute atomic E-state index is 0.0251. The van der Waals surface area contributed by atoms with Crippen LogP contribution in [-0.2, 0) is 4.79 Å². The smallest absolute Gasteiger partial charge is 0.244 e. The molecular formula is C23H24FN3O2S. The molecule has 3 aromatic rings. The molecule has 2 aromatic carbocycles. The van der Waals surface area contributed by atoms with E-state index >= 15 is 0 Å². The van der Waals surface area contributed by atoms with Crippen LogP contribution < -0.4 is 10.1 Å². The Bertz CT molecular complexity index is 1020. The molecule has 1 atom stereocenters. The van der Waals surface area contributed by atoms with Gasteiger partial charge in [-0.2, -0.15) is 0 Å². The first-order valence-corrected chi connectivity index (χ1v) is 10.3. The fourth-order valence-electron chi connectivity index (χ4n) is 3.02. The second kappa shape index (κ2) is 10.1. The van der Waals surface area contributed by atoms with Crippen LogP contribution in [-0.4, -0.2) is 43.5 Å². The zero-order chi connectivity index (χ0) is 21.5. The number of halogens is 1. The van der Waals surface area contributed by atoms with Gasteiger partial charge in [0.05, 0.1) is 18.8 Å². The third-order valence-electron chi connectivity index (χ3n) is 4.61. The van der Waals surface area contributed by atoms with Crippen LogP contribution in [0, 0.1) is 5.82 Å². The van der Waals surface area contributed by atoms with E-state index in [4.69, 9.17) is 4.74 Å². The van der Waals surface area contributed by atoms with Crippen molar-refractivity contribution >= 4 is 23.3 Å². The highest BCUT2D eigenvalue weighted by molar-refractivity contribution is 7.13. The van der Waals surface area contributed by atoms with Crippen LogP contribution in [0.15, 0.2) is 60.0 Å². The molecule has 156 valence electrons. The second-order valence-electron chi connectivity index (χ2n) is 6.88. The summed E-state index contributed by atoms with van der Waals surface area (Å²) >= 11 is 1.45. The van der Waals surface area contributed by atoms with Crippen LogP contribution in [0.4, 0.5) is 4.39 Å². The van der Waals surface area contributed by atoms with Gasteiger partial charge in [0.25, 0.3) is 0 Å². The molecule has 0 aliphatic carbocycles. The number of hydrogen-bond acceptors (Lipinski definition) is 5. The maximum absolute atomic E-state index is 13.1. The van der Waals surface area contributed by atoms with Crippen molar-refractivity contribution in [2.24, 2.45) is 0 Å². The first-order valence-electron chi connectivity index (χ1n) is 9.44. The zero-order valence-corrected chi connectivity index (χ0v) is 17.9. The van der Waals surface area contributed by atoms with Gasteiger partial charge in [-0.05, 0) is 50.5 Å². The Labute approximate surface area is 179 Å². The van der Waals surface area contributed by atoms with E-state index in [1.165, 1.54) is 29.5 Å². The Hall–Kier alpha value is -3.03. The lowest BCUT2D eigenvalue weighted by Gasteiger charge is -2.26. The predicted molar refractivity (Wildman–Crippen MR) is 119 cm³/mol. The minimum Gasteiger partial charge on any atom is -0.496 e.